The molecule has 1 fully saturated rings. The van der Waals surface area contributed by atoms with Gasteiger partial charge in [0.15, 0.2) is 0 Å². The van der Waals surface area contributed by atoms with Crippen molar-refractivity contribution in [3.63, 3.8) is 0 Å². The van der Waals surface area contributed by atoms with Crippen molar-refractivity contribution < 1.29 is 18.3 Å². The number of hydrogen-bond donors (Lipinski definition) is 2. The van der Waals surface area contributed by atoms with Crippen molar-refractivity contribution in [2.24, 2.45) is 0 Å². The van der Waals surface area contributed by atoms with Crippen molar-refractivity contribution in [1.82, 2.24) is 10.6 Å². The molecule has 0 aromatic heterocycles. The fraction of sp³-hybridized carbons (Fsp3) is 0.909. The number of urea groups is 1. The van der Waals surface area contributed by atoms with Crippen LogP contribution >= 0.6 is 0 Å². The van der Waals surface area contributed by atoms with Gasteiger partial charge in [0.05, 0.1) is 6.61 Å². The van der Waals surface area contributed by atoms with Gasteiger partial charge in [0.1, 0.15) is 6.61 Å². The summed E-state index contributed by atoms with van der Waals surface area (Å²) >= 11 is 0. The molecule has 2 amide bonds. The number of alkyl halides is 2. The van der Waals surface area contributed by atoms with Crippen LogP contribution in [0, 0.1) is 0 Å². The highest BCUT2D eigenvalue weighted by molar-refractivity contribution is 5.74. The molecule has 1 aliphatic carbocycles. The summed E-state index contributed by atoms with van der Waals surface area (Å²) in [4.78, 5) is 11.4. The van der Waals surface area contributed by atoms with Gasteiger partial charge in [0.2, 0.25) is 0 Å². The summed E-state index contributed by atoms with van der Waals surface area (Å²) in [6, 6.07) is 0.0169. The summed E-state index contributed by atoms with van der Waals surface area (Å²) in [5.74, 6) is 0. The molecule has 100 valence electrons. The van der Waals surface area contributed by atoms with Gasteiger partial charge in [-0.25, -0.2) is 13.6 Å². The molecule has 4 nitrogen and oxygen atoms in total. The van der Waals surface area contributed by atoms with Crippen LogP contribution in [0.4, 0.5) is 13.6 Å². The van der Waals surface area contributed by atoms with Gasteiger partial charge in [-0.05, 0) is 12.8 Å². The molecule has 1 rings (SSSR count). The normalized spacial score (nSPS) is 17.1. The second kappa shape index (κ2) is 8.22. The van der Waals surface area contributed by atoms with E-state index in [9.17, 15) is 13.6 Å². The summed E-state index contributed by atoms with van der Waals surface area (Å²) in [6.45, 7) is -0.209. The molecule has 17 heavy (non-hydrogen) atoms. The average molecular weight is 250 g/mol. The van der Waals surface area contributed by atoms with Crippen LogP contribution in [0.25, 0.3) is 0 Å². The minimum Gasteiger partial charge on any atom is -0.374 e. The fourth-order valence-electron chi connectivity index (χ4n) is 1.89. The van der Waals surface area contributed by atoms with Gasteiger partial charge in [-0.1, -0.05) is 19.3 Å². The van der Waals surface area contributed by atoms with E-state index in [0.29, 0.717) is 0 Å². The van der Waals surface area contributed by atoms with Crippen molar-refractivity contribution in [1.29, 1.82) is 0 Å². The van der Waals surface area contributed by atoms with Crippen molar-refractivity contribution in [2.75, 3.05) is 19.8 Å². The van der Waals surface area contributed by atoms with E-state index in [2.05, 4.69) is 15.4 Å². The molecule has 1 aliphatic rings. The van der Waals surface area contributed by atoms with Gasteiger partial charge in [-0.15, -0.1) is 0 Å². The van der Waals surface area contributed by atoms with Crippen LogP contribution in [0.3, 0.4) is 0 Å². The van der Waals surface area contributed by atoms with Crippen LogP contribution in [-0.4, -0.2) is 38.3 Å². The molecule has 0 aromatic carbocycles. The van der Waals surface area contributed by atoms with Gasteiger partial charge < -0.3 is 15.4 Å². The third-order valence-corrected chi connectivity index (χ3v) is 2.72. The van der Waals surface area contributed by atoms with Crippen LogP contribution < -0.4 is 10.6 Å². The Hall–Kier alpha value is -0.910. The lowest BCUT2D eigenvalue weighted by Crippen LogP contribution is -2.43. The first-order chi connectivity index (χ1) is 8.18. The number of ether oxygens (including phenoxy) is 1. The van der Waals surface area contributed by atoms with Crippen molar-refractivity contribution in [3.8, 4) is 0 Å². The first-order valence-electron chi connectivity index (χ1n) is 6.08. The van der Waals surface area contributed by atoms with Crippen LogP contribution in [0.5, 0.6) is 0 Å². The zero-order chi connectivity index (χ0) is 12.5. The minimum absolute atomic E-state index is 0.114. The minimum atomic E-state index is -2.45. The van der Waals surface area contributed by atoms with Gasteiger partial charge >= 0.3 is 6.03 Å². The van der Waals surface area contributed by atoms with Gasteiger partial charge in [-0.3, -0.25) is 0 Å². The maximum Gasteiger partial charge on any atom is 0.315 e. The highest BCUT2D eigenvalue weighted by Gasteiger charge is 2.14. The van der Waals surface area contributed by atoms with E-state index in [0.717, 1.165) is 25.7 Å². The Labute approximate surface area is 100 Å². The van der Waals surface area contributed by atoms with E-state index in [4.69, 9.17) is 0 Å². The summed E-state index contributed by atoms with van der Waals surface area (Å²) in [6.07, 6.45) is 3.14. The van der Waals surface area contributed by atoms with Crippen molar-refractivity contribution in [3.05, 3.63) is 0 Å². The Balaban J connectivity index is 1.97. The number of halogens is 2. The zero-order valence-corrected chi connectivity index (χ0v) is 9.88. The monoisotopic (exact) mass is 250 g/mol. The van der Waals surface area contributed by atoms with Crippen LogP contribution in [-0.2, 0) is 4.74 Å². The lowest BCUT2D eigenvalue weighted by molar-refractivity contribution is 0.0193. The molecule has 0 bridgehead atoms. The topological polar surface area (TPSA) is 50.4 Å². The summed E-state index contributed by atoms with van der Waals surface area (Å²) in [5, 5.41) is 5.45. The predicted molar refractivity (Wildman–Crippen MR) is 60.2 cm³/mol. The maximum atomic E-state index is 11.7. The lowest BCUT2D eigenvalue weighted by atomic mass is 9.96. The van der Waals surface area contributed by atoms with E-state index in [1.807, 2.05) is 0 Å². The average Bonchev–Trinajstić information content (AvgIpc) is 2.29. The smallest absolute Gasteiger partial charge is 0.315 e. The Morgan fingerprint density at radius 1 is 1.29 bits per heavy atom. The lowest BCUT2D eigenvalue weighted by Gasteiger charge is -2.22. The molecule has 0 unspecified atom stereocenters. The number of rotatable bonds is 6. The predicted octanol–water partition coefficient (Wildman–Crippen LogP) is 1.90. The Morgan fingerprint density at radius 3 is 2.65 bits per heavy atom. The Morgan fingerprint density at radius 2 is 2.00 bits per heavy atom. The molecule has 0 aliphatic heterocycles. The molecule has 0 aromatic rings. The van der Waals surface area contributed by atoms with Gasteiger partial charge in [-0.2, -0.15) is 0 Å². The number of carbonyl (C=O) groups is 1. The Bertz CT molecular complexity index is 222. The number of hydrogen-bond acceptors (Lipinski definition) is 2. The summed E-state index contributed by atoms with van der Waals surface area (Å²) in [7, 11) is 0. The fourth-order valence-corrected chi connectivity index (χ4v) is 1.89. The molecule has 0 radical (unpaired) electrons. The summed E-state index contributed by atoms with van der Waals surface area (Å²) in [5.41, 5.74) is 0. The third-order valence-electron chi connectivity index (χ3n) is 2.72. The van der Waals surface area contributed by atoms with Crippen molar-refractivity contribution in [2.45, 2.75) is 44.6 Å². The highest BCUT2D eigenvalue weighted by Crippen LogP contribution is 2.16. The number of carbonyl (C=O) groups excluding carboxylic acids is 1. The van der Waals surface area contributed by atoms with Crippen molar-refractivity contribution >= 4 is 6.03 Å². The summed E-state index contributed by atoms with van der Waals surface area (Å²) < 4.78 is 28.1. The molecular formula is C11H20F2N2O2. The first-order valence-corrected chi connectivity index (χ1v) is 6.08. The van der Waals surface area contributed by atoms with E-state index in [1.165, 1.54) is 6.42 Å². The number of amides is 2. The highest BCUT2D eigenvalue weighted by atomic mass is 19.3. The quantitative estimate of drug-likeness (QED) is 0.707. The largest absolute Gasteiger partial charge is 0.374 e. The maximum absolute atomic E-state index is 11.7. The van der Waals surface area contributed by atoms with Gasteiger partial charge in [0.25, 0.3) is 6.43 Å². The zero-order valence-electron chi connectivity index (χ0n) is 9.88. The van der Waals surface area contributed by atoms with E-state index in [1.54, 1.807) is 0 Å². The molecule has 0 saturated heterocycles. The first kappa shape index (κ1) is 14.2. The standard InChI is InChI=1S/C11H20F2N2O2/c12-10(13)8-17-7-6-14-11(16)15-9-4-2-1-3-5-9/h9-10H,1-8H2,(H2,14,15,16). The molecule has 6 heteroatoms. The molecule has 0 heterocycles. The number of nitrogens with one attached hydrogen (secondary N) is 2. The second-order valence-corrected chi connectivity index (χ2v) is 4.20. The van der Waals surface area contributed by atoms with Gasteiger partial charge in [0, 0.05) is 12.6 Å². The molecule has 2 N–H and O–H groups in total. The SMILES string of the molecule is O=C(NCCOCC(F)F)NC1CCCCC1. The second-order valence-electron chi connectivity index (χ2n) is 4.20. The van der Waals surface area contributed by atoms with Crippen LogP contribution in [0.15, 0.2) is 0 Å². The van der Waals surface area contributed by atoms with E-state index < -0.39 is 13.0 Å². The molecular weight excluding hydrogens is 230 g/mol. The van der Waals surface area contributed by atoms with E-state index in [-0.39, 0.29) is 25.2 Å². The molecule has 0 atom stereocenters. The van der Waals surface area contributed by atoms with Crippen LogP contribution in [0.2, 0.25) is 0 Å². The molecule has 1 saturated carbocycles. The van der Waals surface area contributed by atoms with E-state index >= 15 is 0 Å². The van der Waals surface area contributed by atoms with Crippen LogP contribution in [0.1, 0.15) is 32.1 Å². The Kier molecular flexibility index (Phi) is 6.84. The third kappa shape index (κ3) is 7.10. The molecule has 0 spiro atoms.